The lowest BCUT2D eigenvalue weighted by molar-refractivity contribution is -0.192. The first-order valence-electron chi connectivity index (χ1n) is 12.8. The highest BCUT2D eigenvalue weighted by Crippen LogP contribution is 2.47. The quantitative estimate of drug-likeness (QED) is 0.294. The number of nitrogens with zero attached hydrogens (tertiary/aromatic N) is 1. The van der Waals surface area contributed by atoms with Gasteiger partial charge < -0.3 is 24.8 Å². The number of alkyl halides is 4. The van der Waals surface area contributed by atoms with Crippen molar-refractivity contribution in [2.75, 3.05) is 32.9 Å². The number of phenolic OH excluding ortho intramolecular Hbond substituents is 2. The minimum atomic E-state index is -5.08. The Bertz CT molecular complexity index is 1400. The molecule has 2 heterocycles. The topological polar surface area (TPSA) is 99.5 Å². The van der Waals surface area contributed by atoms with Crippen LogP contribution in [0.1, 0.15) is 29.7 Å². The number of benzene rings is 3. The molecular weight excluding hydrogens is 546 g/mol. The zero-order valence-corrected chi connectivity index (χ0v) is 22.1. The van der Waals surface area contributed by atoms with Gasteiger partial charge in [-0.15, -0.1) is 0 Å². The van der Waals surface area contributed by atoms with Crippen LogP contribution in [0.2, 0.25) is 0 Å². The molecule has 1 fully saturated rings. The van der Waals surface area contributed by atoms with Gasteiger partial charge in [-0.2, -0.15) is 13.2 Å². The van der Waals surface area contributed by atoms with Crippen molar-refractivity contribution in [1.29, 1.82) is 0 Å². The van der Waals surface area contributed by atoms with Crippen molar-refractivity contribution in [3.05, 3.63) is 83.4 Å². The molecule has 0 amide bonds. The number of aliphatic carboxylic acids is 1. The summed E-state index contributed by atoms with van der Waals surface area (Å²) >= 11 is 0. The monoisotopic (exact) mass is 575 g/mol. The van der Waals surface area contributed by atoms with E-state index in [4.69, 9.17) is 19.4 Å². The highest BCUT2D eigenvalue weighted by atomic mass is 19.4. The number of phenols is 2. The van der Waals surface area contributed by atoms with E-state index in [0.29, 0.717) is 12.4 Å². The Balaban J connectivity index is 0.000000493. The van der Waals surface area contributed by atoms with Gasteiger partial charge in [-0.05, 0) is 66.1 Å². The van der Waals surface area contributed by atoms with Gasteiger partial charge in [-0.3, -0.25) is 9.29 Å². The van der Waals surface area contributed by atoms with Gasteiger partial charge in [-0.1, -0.05) is 24.3 Å². The Morgan fingerprint density at radius 1 is 1.02 bits per heavy atom. The molecule has 1 atom stereocenters. The molecule has 0 aliphatic carbocycles. The van der Waals surface area contributed by atoms with Crippen molar-refractivity contribution in [1.82, 2.24) is 4.90 Å². The number of fused-ring (bicyclic) bond motifs is 1. The second-order valence-electron chi connectivity index (χ2n) is 9.77. The van der Waals surface area contributed by atoms with Crippen LogP contribution in [0.15, 0.2) is 66.7 Å². The Labute approximate surface area is 233 Å². The SMILES string of the molecule is CC1=C(c2cccc(O)c2)[C@@H](c2ccc(OCCN3CC(CF)C3)cc2)Oc2ccc(O)cc21.O=C(O)C(F)(F)F. The van der Waals surface area contributed by atoms with Crippen LogP contribution in [0.5, 0.6) is 23.0 Å². The molecule has 3 aromatic rings. The first-order valence-corrected chi connectivity index (χ1v) is 12.8. The third kappa shape index (κ3) is 7.29. The smallest absolute Gasteiger partial charge is 0.490 e. The molecule has 0 unspecified atom stereocenters. The summed E-state index contributed by atoms with van der Waals surface area (Å²) in [5.74, 6) is -0.747. The third-order valence-electron chi connectivity index (χ3n) is 6.79. The lowest BCUT2D eigenvalue weighted by Crippen LogP contribution is -2.49. The molecule has 5 rings (SSSR count). The minimum absolute atomic E-state index is 0.176. The molecule has 41 heavy (non-hydrogen) atoms. The molecule has 7 nitrogen and oxygen atoms in total. The van der Waals surface area contributed by atoms with Gasteiger partial charge in [0.2, 0.25) is 0 Å². The van der Waals surface area contributed by atoms with E-state index in [9.17, 15) is 27.8 Å². The molecule has 0 radical (unpaired) electrons. The first-order chi connectivity index (χ1) is 19.5. The van der Waals surface area contributed by atoms with Gasteiger partial charge >= 0.3 is 12.1 Å². The fourth-order valence-corrected chi connectivity index (χ4v) is 4.71. The molecule has 0 saturated carbocycles. The lowest BCUT2D eigenvalue weighted by atomic mass is 9.86. The zero-order chi connectivity index (χ0) is 29.7. The Morgan fingerprint density at radius 2 is 1.68 bits per heavy atom. The summed E-state index contributed by atoms with van der Waals surface area (Å²) in [6, 6.07) is 20.1. The molecule has 0 spiro atoms. The average molecular weight is 576 g/mol. The van der Waals surface area contributed by atoms with E-state index in [1.54, 1.807) is 30.3 Å². The second-order valence-corrected chi connectivity index (χ2v) is 9.77. The average Bonchev–Trinajstić information content (AvgIpc) is 2.90. The normalized spacial score (nSPS) is 17.0. The predicted molar refractivity (Wildman–Crippen MR) is 144 cm³/mol. The lowest BCUT2D eigenvalue weighted by Gasteiger charge is -2.37. The molecule has 3 N–H and O–H groups in total. The van der Waals surface area contributed by atoms with Crippen LogP contribution in [0, 0.1) is 5.92 Å². The van der Waals surface area contributed by atoms with Gasteiger partial charge in [-0.25, -0.2) is 4.79 Å². The summed E-state index contributed by atoms with van der Waals surface area (Å²) in [5.41, 5.74) is 4.56. The van der Waals surface area contributed by atoms with E-state index >= 15 is 0 Å². The molecule has 2 aliphatic rings. The standard InChI is InChI=1S/C28H28FNO4.C2HF3O2/c1-18-25-14-23(32)7-10-26(25)34-28(27(18)21-3-2-4-22(31)13-21)20-5-8-24(9-6-20)33-12-11-30-16-19(15-29)17-30;3-2(4,5)1(6)7/h2-10,13-14,19,28,31-32H,11-12,15-17H2,1H3;(H,6,7)/t28-;/m1./s1. The minimum Gasteiger partial charge on any atom is -0.508 e. The molecular formula is C30H29F4NO6. The number of ether oxygens (including phenoxy) is 2. The van der Waals surface area contributed by atoms with E-state index < -0.39 is 12.1 Å². The van der Waals surface area contributed by atoms with Crippen LogP contribution in [0.3, 0.4) is 0 Å². The number of carboxylic acid groups (broad SMARTS) is 1. The summed E-state index contributed by atoms with van der Waals surface area (Å²) in [4.78, 5) is 11.1. The maximum atomic E-state index is 12.6. The number of rotatable bonds is 7. The molecule has 0 bridgehead atoms. The molecule has 11 heteroatoms. The van der Waals surface area contributed by atoms with Gasteiger partial charge in [0, 0.05) is 36.7 Å². The van der Waals surface area contributed by atoms with E-state index in [1.165, 1.54) is 0 Å². The molecule has 3 aromatic carbocycles. The largest absolute Gasteiger partial charge is 0.508 e. The van der Waals surface area contributed by atoms with Gasteiger partial charge in [0.1, 0.15) is 35.7 Å². The molecule has 0 aromatic heterocycles. The molecule has 2 aliphatic heterocycles. The van der Waals surface area contributed by atoms with Gasteiger partial charge in [0.05, 0.1) is 6.67 Å². The van der Waals surface area contributed by atoms with Crippen LogP contribution in [-0.2, 0) is 4.79 Å². The van der Waals surface area contributed by atoms with E-state index in [1.807, 2.05) is 43.3 Å². The Hall–Kier alpha value is -4.25. The predicted octanol–water partition coefficient (Wildman–Crippen LogP) is 6.08. The number of carboxylic acids is 1. The van der Waals surface area contributed by atoms with E-state index in [0.717, 1.165) is 53.2 Å². The zero-order valence-electron chi connectivity index (χ0n) is 22.1. The molecule has 1 saturated heterocycles. The summed E-state index contributed by atoms with van der Waals surface area (Å²) in [7, 11) is 0. The highest BCUT2D eigenvalue weighted by molar-refractivity contribution is 5.95. The van der Waals surface area contributed by atoms with Crippen LogP contribution in [-0.4, -0.2) is 65.3 Å². The van der Waals surface area contributed by atoms with E-state index in [2.05, 4.69) is 4.90 Å². The first kappa shape index (κ1) is 29.7. The third-order valence-corrected chi connectivity index (χ3v) is 6.79. The fraction of sp³-hybridized carbons (Fsp3) is 0.300. The summed E-state index contributed by atoms with van der Waals surface area (Å²) < 4.78 is 56.6. The second kappa shape index (κ2) is 12.5. The van der Waals surface area contributed by atoms with E-state index in [-0.39, 0.29) is 30.2 Å². The number of hydrogen-bond donors (Lipinski definition) is 3. The number of allylic oxidation sites excluding steroid dienone is 1. The summed E-state index contributed by atoms with van der Waals surface area (Å²) in [6.07, 6.45) is -5.47. The number of likely N-dealkylation sites (tertiary alicyclic amines) is 1. The van der Waals surface area contributed by atoms with Gasteiger partial charge in [0.15, 0.2) is 0 Å². The summed E-state index contributed by atoms with van der Waals surface area (Å²) in [5, 5.41) is 27.2. The van der Waals surface area contributed by atoms with Crippen molar-refractivity contribution in [2.24, 2.45) is 5.92 Å². The van der Waals surface area contributed by atoms with Crippen LogP contribution in [0.25, 0.3) is 11.1 Å². The van der Waals surface area contributed by atoms with Crippen LogP contribution < -0.4 is 9.47 Å². The highest BCUT2D eigenvalue weighted by Gasteiger charge is 2.38. The van der Waals surface area contributed by atoms with Crippen molar-refractivity contribution in [3.63, 3.8) is 0 Å². The number of halogens is 4. The maximum absolute atomic E-state index is 12.6. The van der Waals surface area contributed by atoms with Crippen LogP contribution >= 0.6 is 0 Å². The van der Waals surface area contributed by atoms with Crippen molar-refractivity contribution >= 4 is 17.1 Å². The van der Waals surface area contributed by atoms with Gasteiger partial charge in [0.25, 0.3) is 0 Å². The number of hydrogen-bond acceptors (Lipinski definition) is 6. The number of carbonyl (C=O) groups is 1. The van der Waals surface area contributed by atoms with Crippen LogP contribution in [0.4, 0.5) is 17.6 Å². The van der Waals surface area contributed by atoms with Crippen molar-refractivity contribution in [3.8, 4) is 23.0 Å². The Kier molecular flexibility index (Phi) is 9.07. The Morgan fingerprint density at radius 3 is 2.29 bits per heavy atom. The number of aromatic hydroxyl groups is 2. The summed E-state index contributed by atoms with van der Waals surface area (Å²) in [6.45, 7) is 4.72. The maximum Gasteiger partial charge on any atom is 0.490 e. The van der Waals surface area contributed by atoms with Crippen molar-refractivity contribution < 1.29 is 47.1 Å². The fourth-order valence-electron chi connectivity index (χ4n) is 4.71. The molecule has 218 valence electrons. The van der Waals surface area contributed by atoms with Crippen molar-refractivity contribution in [2.45, 2.75) is 19.2 Å².